The molecule has 0 bridgehead atoms. The monoisotopic (exact) mass is 420 g/mol. The van der Waals surface area contributed by atoms with Crippen molar-refractivity contribution in [2.45, 2.75) is 6.92 Å². The van der Waals surface area contributed by atoms with Crippen LogP contribution in [0.1, 0.15) is 16.2 Å². The number of carbonyl (C=O) groups is 1. The van der Waals surface area contributed by atoms with Gasteiger partial charge in [0.2, 0.25) is 0 Å². The molecule has 0 radical (unpaired) electrons. The van der Waals surface area contributed by atoms with Gasteiger partial charge in [-0.25, -0.2) is 4.68 Å². The van der Waals surface area contributed by atoms with Gasteiger partial charge >= 0.3 is 0 Å². The number of hydrogen-bond donors (Lipinski definition) is 1. The van der Waals surface area contributed by atoms with E-state index in [9.17, 15) is 4.79 Å². The van der Waals surface area contributed by atoms with E-state index in [2.05, 4.69) is 49.7 Å². The van der Waals surface area contributed by atoms with Gasteiger partial charge in [-0.3, -0.25) is 9.69 Å². The van der Waals surface area contributed by atoms with E-state index < -0.39 is 0 Å². The highest BCUT2D eigenvalue weighted by atomic mass is 16.5. The predicted octanol–water partition coefficient (Wildman–Crippen LogP) is 2.14. The number of amides is 1. The molecule has 0 atom stereocenters. The number of para-hydroxylation sites is 1. The second-order valence-electron chi connectivity index (χ2n) is 7.56. The minimum atomic E-state index is -0.199. The van der Waals surface area contributed by atoms with Crippen LogP contribution in [0.15, 0.2) is 54.6 Å². The summed E-state index contributed by atoms with van der Waals surface area (Å²) in [7, 11) is 1.62. The van der Waals surface area contributed by atoms with Crippen molar-refractivity contribution in [1.29, 1.82) is 0 Å². The summed E-state index contributed by atoms with van der Waals surface area (Å²) >= 11 is 0. The largest absolute Gasteiger partial charge is 0.497 e. The van der Waals surface area contributed by atoms with Crippen LogP contribution in [0.5, 0.6) is 5.75 Å². The first-order chi connectivity index (χ1) is 15.2. The molecular formula is C23H28N6O2. The van der Waals surface area contributed by atoms with Gasteiger partial charge in [0.15, 0.2) is 5.69 Å². The lowest BCUT2D eigenvalue weighted by Gasteiger charge is -2.36. The normalized spacial score (nSPS) is 14.5. The van der Waals surface area contributed by atoms with Crippen molar-refractivity contribution in [2.75, 3.05) is 51.3 Å². The van der Waals surface area contributed by atoms with Gasteiger partial charge in [-0.2, -0.15) is 0 Å². The van der Waals surface area contributed by atoms with Crippen LogP contribution in [-0.2, 0) is 0 Å². The number of benzene rings is 2. The van der Waals surface area contributed by atoms with E-state index in [4.69, 9.17) is 4.74 Å². The zero-order valence-corrected chi connectivity index (χ0v) is 18.0. The minimum Gasteiger partial charge on any atom is -0.497 e. The first-order valence-corrected chi connectivity index (χ1v) is 10.5. The van der Waals surface area contributed by atoms with Crippen molar-refractivity contribution < 1.29 is 9.53 Å². The number of anilines is 1. The quantitative estimate of drug-likeness (QED) is 0.631. The van der Waals surface area contributed by atoms with E-state index in [1.807, 2.05) is 37.3 Å². The predicted molar refractivity (Wildman–Crippen MR) is 120 cm³/mol. The molecule has 3 aromatic rings. The average molecular weight is 421 g/mol. The summed E-state index contributed by atoms with van der Waals surface area (Å²) in [5.74, 6) is 0.528. The summed E-state index contributed by atoms with van der Waals surface area (Å²) in [4.78, 5) is 17.4. The molecule has 0 aliphatic carbocycles. The highest BCUT2D eigenvalue weighted by Gasteiger charge is 2.19. The fraction of sp³-hybridized carbons (Fsp3) is 0.348. The highest BCUT2D eigenvalue weighted by molar-refractivity contribution is 5.93. The number of hydrogen-bond acceptors (Lipinski definition) is 6. The molecule has 1 aromatic heterocycles. The summed E-state index contributed by atoms with van der Waals surface area (Å²) in [6, 6.07) is 18.0. The third-order valence-electron chi connectivity index (χ3n) is 5.61. The molecule has 2 aromatic carbocycles. The molecule has 4 rings (SSSR count). The molecule has 1 aliphatic heterocycles. The van der Waals surface area contributed by atoms with Crippen molar-refractivity contribution in [2.24, 2.45) is 0 Å². The molecule has 1 amide bonds. The SMILES string of the molecule is COc1cccc(-n2nnc(C(=O)NCCN3CCN(c4ccccc4)CC3)c2C)c1. The van der Waals surface area contributed by atoms with Crippen molar-refractivity contribution in [1.82, 2.24) is 25.2 Å². The van der Waals surface area contributed by atoms with Crippen LogP contribution >= 0.6 is 0 Å². The van der Waals surface area contributed by atoms with Crippen molar-refractivity contribution in [3.05, 3.63) is 66.0 Å². The summed E-state index contributed by atoms with van der Waals surface area (Å²) in [5, 5.41) is 11.2. The number of rotatable bonds is 7. The summed E-state index contributed by atoms with van der Waals surface area (Å²) < 4.78 is 6.92. The smallest absolute Gasteiger partial charge is 0.273 e. The van der Waals surface area contributed by atoms with Gasteiger partial charge in [-0.1, -0.05) is 29.5 Å². The van der Waals surface area contributed by atoms with Crippen LogP contribution < -0.4 is 15.0 Å². The Morgan fingerprint density at radius 2 is 1.77 bits per heavy atom. The van der Waals surface area contributed by atoms with E-state index >= 15 is 0 Å². The summed E-state index contributed by atoms with van der Waals surface area (Å²) in [6.07, 6.45) is 0. The maximum Gasteiger partial charge on any atom is 0.273 e. The Hall–Kier alpha value is -3.39. The van der Waals surface area contributed by atoms with E-state index in [-0.39, 0.29) is 5.91 Å². The van der Waals surface area contributed by atoms with Gasteiger partial charge < -0.3 is 15.0 Å². The number of aromatic nitrogens is 3. The molecule has 1 N–H and O–H groups in total. The lowest BCUT2D eigenvalue weighted by Crippen LogP contribution is -2.48. The van der Waals surface area contributed by atoms with Crippen LogP contribution in [0.2, 0.25) is 0 Å². The van der Waals surface area contributed by atoms with Crippen LogP contribution in [-0.4, -0.2) is 72.2 Å². The Morgan fingerprint density at radius 3 is 2.52 bits per heavy atom. The topological polar surface area (TPSA) is 75.5 Å². The van der Waals surface area contributed by atoms with Gasteiger partial charge in [0, 0.05) is 51.0 Å². The molecule has 1 aliphatic rings. The fourth-order valence-electron chi connectivity index (χ4n) is 3.81. The first kappa shape index (κ1) is 20.9. The maximum absolute atomic E-state index is 12.6. The standard InChI is InChI=1S/C23H28N6O2/c1-18-22(25-26-29(18)20-9-6-10-21(17-20)31-2)23(30)24-11-12-27-13-15-28(16-14-27)19-7-4-3-5-8-19/h3-10,17H,11-16H2,1-2H3,(H,24,30). The van der Waals surface area contributed by atoms with Crippen molar-refractivity contribution in [3.63, 3.8) is 0 Å². The van der Waals surface area contributed by atoms with Crippen LogP contribution in [0, 0.1) is 6.92 Å². The molecule has 2 heterocycles. The molecule has 162 valence electrons. The number of piperazine rings is 1. The van der Waals surface area contributed by atoms with Gasteiger partial charge in [0.25, 0.3) is 5.91 Å². The van der Waals surface area contributed by atoms with E-state index in [1.165, 1.54) is 5.69 Å². The molecule has 0 saturated carbocycles. The Morgan fingerprint density at radius 1 is 1.03 bits per heavy atom. The average Bonchev–Trinajstić information content (AvgIpc) is 3.21. The van der Waals surface area contributed by atoms with Gasteiger partial charge in [0.05, 0.1) is 18.5 Å². The third-order valence-corrected chi connectivity index (χ3v) is 5.61. The molecule has 8 nitrogen and oxygen atoms in total. The summed E-state index contributed by atoms with van der Waals surface area (Å²) in [5.41, 5.74) is 3.11. The Balaban J connectivity index is 1.27. The van der Waals surface area contributed by atoms with Crippen molar-refractivity contribution >= 4 is 11.6 Å². The van der Waals surface area contributed by atoms with Gasteiger partial charge in [-0.05, 0) is 31.2 Å². The lowest BCUT2D eigenvalue weighted by atomic mass is 10.2. The second-order valence-corrected chi connectivity index (χ2v) is 7.56. The molecular weight excluding hydrogens is 392 g/mol. The molecule has 8 heteroatoms. The number of carbonyl (C=O) groups excluding carboxylic acids is 1. The maximum atomic E-state index is 12.6. The Kier molecular flexibility index (Phi) is 6.47. The molecule has 31 heavy (non-hydrogen) atoms. The summed E-state index contributed by atoms with van der Waals surface area (Å²) in [6.45, 7) is 7.19. The van der Waals surface area contributed by atoms with E-state index in [0.29, 0.717) is 17.9 Å². The number of nitrogens with zero attached hydrogens (tertiary/aromatic N) is 5. The number of methoxy groups -OCH3 is 1. The molecule has 0 spiro atoms. The first-order valence-electron chi connectivity index (χ1n) is 10.5. The fourth-order valence-corrected chi connectivity index (χ4v) is 3.81. The Bertz CT molecular complexity index is 1010. The Labute approximate surface area is 182 Å². The van der Waals surface area contributed by atoms with Gasteiger partial charge in [-0.15, -0.1) is 5.10 Å². The third kappa shape index (κ3) is 4.86. The highest BCUT2D eigenvalue weighted by Crippen LogP contribution is 2.18. The molecule has 1 fully saturated rings. The number of ether oxygens (including phenoxy) is 1. The van der Waals surface area contributed by atoms with Crippen LogP contribution in [0.3, 0.4) is 0 Å². The van der Waals surface area contributed by atoms with Crippen LogP contribution in [0.25, 0.3) is 5.69 Å². The minimum absolute atomic E-state index is 0.199. The zero-order chi connectivity index (χ0) is 21.6. The van der Waals surface area contributed by atoms with E-state index in [0.717, 1.165) is 44.2 Å². The van der Waals surface area contributed by atoms with Crippen LogP contribution in [0.4, 0.5) is 5.69 Å². The molecule has 0 unspecified atom stereocenters. The molecule has 1 saturated heterocycles. The van der Waals surface area contributed by atoms with Crippen molar-refractivity contribution in [3.8, 4) is 11.4 Å². The zero-order valence-electron chi connectivity index (χ0n) is 18.0. The van der Waals surface area contributed by atoms with E-state index in [1.54, 1.807) is 11.8 Å². The lowest BCUT2D eigenvalue weighted by molar-refractivity contribution is 0.0942. The second kappa shape index (κ2) is 9.61. The van der Waals surface area contributed by atoms with Gasteiger partial charge in [0.1, 0.15) is 5.75 Å². The number of nitrogens with one attached hydrogen (secondary N) is 1.